The van der Waals surface area contributed by atoms with Crippen molar-refractivity contribution in [3.63, 3.8) is 0 Å². The molecule has 2 aromatic carbocycles. The van der Waals surface area contributed by atoms with Crippen molar-refractivity contribution in [2.45, 2.75) is 56.1 Å². The van der Waals surface area contributed by atoms with E-state index < -0.39 is 55.3 Å². The number of benzene rings is 2. The van der Waals surface area contributed by atoms with Gasteiger partial charge in [-0.15, -0.1) is 0 Å². The minimum Gasteiger partial charge on any atom is -0.502 e. The first-order valence-corrected chi connectivity index (χ1v) is 12.5. The summed E-state index contributed by atoms with van der Waals surface area (Å²) < 4.78 is 33.6. The van der Waals surface area contributed by atoms with Crippen molar-refractivity contribution in [3.8, 4) is 34.5 Å². The molecular formula is C27H36O12. The number of aromatic hydroxyl groups is 2. The van der Waals surface area contributed by atoms with E-state index in [9.17, 15) is 30.6 Å². The fourth-order valence-corrected chi connectivity index (χ4v) is 5.54. The number of hydrogen-bond acceptors (Lipinski definition) is 12. The number of phenols is 2. The van der Waals surface area contributed by atoms with Crippen LogP contribution < -0.4 is 18.9 Å². The Kier molecular flexibility index (Phi) is 8.64. The summed E-state index contributed by atoms with van der Waals surface area (Å²) in [6.07, 6.45) is -7.07. The summed E-state index contributed by atoms with van der Waals surface area (Å²) in [7, 11) is 5.59. The zero-order valence-electron chi connectivity index (χ0n) is 22.4. The number of hydrogen-bond donors (Lipinski definition) is 6. The summed E-state index contributed by atoms with van der Waals surface area (Å²) in [5, 5.41) is 63.1. The molecule has 1 aliphatic heterocycles. The molecule has 0 unspecified atom stereocenters. The lowest BCUT2D eigenvalue weighted by atomic mass is 9.69. The molecular weight excluding hydrogens is 516 g/mol. The van der Waals surface area contributed by atoms with Gasteiger partial charge in [0.15, 0.2) is 29.3 Å². The van der Waals surface area contributed by atoms with E-state index in [4.69, 9.17) is 28.4 Å². The van der Waals surface area contributed by atoms with E-state index in [1.807, 2.05) is 0 Å². The first-order chi connectivity index (χ1) is 18.6. The van der Waals surface area contributed by atoms with Gasteiger partial charge >= 0.3 is 0 Å². The van der Waals surface area contributed by atoms with Crippen LogP contribution in [0.25, 0.3) is 0 Å². The topological polar surface area (TPSA) is 177 Å². The Morgan fingerprint density at radius 2 is 1.41 bits per heavy atom. The molecule has 4 rings (SSSR count). The van der Waals surface area contributed by atoms with Crippen LogP contribution in [0.15, 0.2) is 18.2 Å². The summed E-state index contributed by atoms with van der Waals surface area (Å²) in [4.78, 5) is 0. The third kappa shape index (κ3) is 5.04. The summed E-state index contributed by atoms with van der Waals surface area (Å²) in [6.45, 7) is 1.14. The van der Waals surface area contributed by atoms with Gasteiger partial charge in [0, 0.05) is 24.0 Å². The van der Waals surface area contributed by atoms with E-state index in [2.05, 4.69) is 0 Å². The second kappa shape index (κ2) is 11.6. The van der Waals surface area contributed by atoms with Gasteiger partial charge in [0.05, 0.1) is 40.6 Å². The molecule has 0 amide bonds. The normalized spacial score (nSPS) is 30.4. The van der Waals surface area contributed by atoms with Gasteiger partial charge in [-0.05, 0) is 42.7 Å². The lowest BCUT2D eigenvalue weighted by Gasteiger charge is -2.44. The SMILES string of the molecule is COc1cc([C@H]2c3c(cc(OC)c(O)c3OC)C[C@@H](O[C@@H]3O[C@@H](C)[C@H](O)[C@@H](O)[C@H]3O)[C@@H]2CO)cc(OC)c1O. The van der Waals surface area contributed by atoms with Gasteiger partial charge < -0.3 is 59.1 Å². The molecule has 216 valence electrons. The highest BCUT2D eigenvalue weighted by Gasteiger charge is 2.47. The van der Waals surface area contributed by atoms with Crippen molar-refractivity contribution in [2.24, 2.45) is 5.92 Å². The minimum absolute atomic E-state index is 0.124. The number of phenolic OH excluding ortho intramolecular Hbond substituents is 2. The summed E-state index contributed by atoms with van der Waals surface area (Å²) in [5.74, 6) is -1.29. The van der Waals surface area contributed by atoms with Crippen molar-refractivity contribution < 1.29 is 59.1 Å². The van der Waals surface area contributed by atoms with Gasteiger partial charge in [-0.1, -0.05) is 0 Å². The van der Waals surface area contributed by atoms with Crippen molar-refractivity contribution in [3.05, 3.63) is 34.9 Å². The number of rotatable bonds is 8. The molecule has 0 bridgehead atoms. The minimum atomic E-state index is -1.55. The molecule has 0 spiro atoms. The summed E-state index contributed by atoms with van der Waals surface area (Å²) >= 11 is 0. The smallest absolute Gasteiger partial charge is 0.201 e. The second-order valence-corrected chi connectivity index (χ2v) is 9.69. The zero-order chi connectivity index (χ0) is 28.6. The lowest BCUT2D eigenvalue weighted by Crippen LogP contribution is -2.58. The largest absolute Gasteiger partial charge is 0.502 e. The maximum absolute atomic E-state index is 10.9. The van der Waals surface area contributed by atoms with Crippen LogP contribution in [0.2, 0.25) is 0 Å². The predicted molar refractivity (Wildman–Crippen MR) is 136 cm³/mol. The van der Waals surface area contributed by atoms with Gasteiger partial charge in [0.2, 0.25) is 11.5 Å². The quantitative estimate of drug-likeness (QED) is 0.270. The fraction of sp³-hybridized carbons (Fsp3) is 0.556. The van der Waals surface area contributed by atoms with Crippen LogP contribution in [0.1, 0.15) is 29.5 Å². The highest BCUT2D eigenvalue weighted by molar-refractivity contribution is 5.64. The molecule has 2 aromatic rings. The predicted octanol–water partition coefficient (Wildman–Crippen LogP) is 0.641. The van der Waals surface area contributed by atoms with E-state index in [-0.39, 0.29) is 40.9 Å². The molecule has 2 aliphatic rings. The standard InChI is InChI=1S/C27H36O12/c1-11-21(29)24(32)25(33)27(38-11)39-15-6-13-9-18(36-4)23(31)26(37-5)20(13)19(14(15)10-28)12-7-16(34-2)22(30)17(8-12)35-3/h7-9,11,14-15,19,21,24-25,27-33H,6,10H2,1-5H3/t11-,14-,15+,19+,21-,24+,25+,27-/m0/s1. The second-order valence-electron chi connectivity index (χ2n) is 9.69. The van der Waals surface area contributed by atoms with E-state index in [0.29, 0.717) is 16.7 Å². The van der Waals surface area contributed by atoms with Gasteiger partial charge in [0.1, 0.15) is 18.3 Å². The van der Waals surface area contributed by atoms with Gasteiger partial charge in [-0.2, -0.15) is 0 Å². The van der Waals surface area contributed by atoms with Crippen LogP contribution in [-0.4, -0.2) is 102 Å². The van der Waals surface area contributed by atoms with Crippen LogP contribution in [0.3, 0.4) is 0 Å². The zero-order valence-corrected chi connectivity index (χ0v) is 22.4. The molecule has 6 N–H and O–H groups in total. The Hall–Kier alpha value is -3.00. The number of fused-ring (bicyclic) bond motifs is 1. The van der Waals surface area contributed by atoms with Crippen LogP contribution in [-0.2, 0) is 15.9 Å². The van der Waals surface area contributed by atoms with Gasteiger partial charge in [0.25, 0.3) is 0 Å². The van der Waals surface area contributed by atoms with E-state index in [1.165, 1.54) is 28.4 Å². The Morgan fingerprint density at radius 3 is 1.95 bits per heavy atom. The van der Waals surface area contributed by atoms with Gasteiger partial charge in [-0.3, -0.25) is 0 Å². The Morgan fingerprint density at radius 1 is 0.821 bits per heavy atom. The number of ether oxygens (including phenoxy) is 6. The highest BCUT2D eigenvalue weighted by atomic mass is 16.7. The Bertz CT molecular complexity index is 1140. The average molecular weight is 553 g/mol. The Balaban J connectivity index is 1.89. The molecule has 1 heterocycles. The van der Waals surface area contributed by atoms with Crippen molar-refractivity contribution in [1.82, 2.24) is 0 Å². The van der Waals surface area contributed by atoms with Crippen LogP contribution in [0.5, 0.6) is 34.5 Å². The third-order valence-electron chi connectivity index (χ3n) is 7.60. The monoisotopic (exact) mass is 552 g/mol. The highest BCUT2D eigenvalue weighted by Crippen LogP contribution is 2.53. The third-order valence-corrected chi connectivity index (χ3v) is 7.60. The Labute approximate surface area is 225 Å². The number of methoxy groups -OCH3 is 4. The lowest BCUT2D eigenvalue weighted by molar-refractivity contribution is -0.309. The molecule has 0 radical (unpaired) electrons. The maximum Gasteiger partial charge on any atom is 0.201 e. The van der Waals surface area contributed by atoms with E-state index in [0.717, 1.165) is 0 Å². The van der Waals surface area contributed by atoms with E-state index in [1.54, 1.807) is 25.1 Å². The molecule has 0 aromatic heterocycles. The molecule has 12 heteroatoms. The maximum atomic E-state index is 10.9. The molecule has 1 fully saturated rings. The molecule has 12 nitrogen and oxygen atoms in total. The first-order valence-electron chi connectivity index (χ1n) is 12.5. The van der Waals surface area contributed by atoms with E-state index >= 15 is 0 Å². The van der Waals surface area contributed by atoms with Crippen LogP contribution in [0.4, 0.5) is 0 Å². The van der Waals surface area contributed by atoms with Crippen molar-refractivity contribution in [2.75, 3.05) is 35.0 Å². The molecule has 1 saturated heterocycles. The summed E-state index contributed by atoms with van der Waals surface area (Å²) in [5.41, 5.74) is 1.76. The van der Waals surface area contributed by atoms with Gasteiger partial charge in [-0.25, -0.2) is 0 Å². The average Bonchev–Trinajstić information content (AvgIpc) is 2.94. The van der Waals surface area contributed by atoms with Crippen molar-refractivity contribution in [1.29, 1.82) is 0 Å². The summed E-state index contributed by atoms with van der Waals surface area (Å²) in [6, 6.07) is 4.82. The van der Waals surface area contributed by atoms with Crippen LogP contribution >= 0.6 is 0 Å². The molecule has 8 atom stereocenters. The van der Waals surface area contributed by atoms with Crippen molar-refractivity contribution >= 4 is 0 Å². The number of aliphatic hydroxyl groups excluding tert-OH is 4. The number of aliphatic hydroxyl groups is 4. The molecule has 39 heavy (non-hydrogen) atoms. The molecule has 1 aliphatic carbocycles. The fourth-order valence-electron chi connectivity index (χ4n) is 5.54. The van der Waals surface area contributed by atoms with Crippen LogP contribution in [0, 0.1) is 5.92 Å². The first kappa shape index (κ1) is 29.0. The molecule has 0 saturated carbocycles.